The third-order valence-corrected chi connectivity index (χ3v) is 5.45. The van der Waals surface area contributed by atoms with E-state index in [0.717, 1.165) is 20.4 Å². The lowest BCUT2D eigenvalue weighted by molar-refractivity contribution is -0.116. The number of hydrogen-bond acceptors (Lipinski definition) is 7. The van der Waals surface area contributed by atoms with Crippen molar-refractivity contribution in [2.24, 2.45) is 0 Å². The van der Waals surface area contributed by atoms with Crippen molar-refractivity contribution in [3.05, 3.63) is 85.3 Å². The fourth-order valence-corrected chi connectivity index (χ4v) is 3.75. The molecule has 1 amide bonds. The van der Waals surface area contributed by atoms with E-state index in [4.69, 9.17) is 16.1 Å². The summed E-state index contributed by atoms with van der Waals surface area (Å²) >= 11 is 5.94. The molecule has 35 heavy (non-hydrogen) atoms. The van der Waals surface area contributed by atoms with E-state index in [1.165, 1.54) is 0 Å². The molecule has 0 saturated heterocycles. The predicted molar refractivity (Wildman–Crippen MR) is 131 cm³/mol. The molecule has 4 aromatic rings. The van der Waals surface area contributed by atoms with Crippen molar-refractivity contribution in [2.45, 2.75) is 40.2 Å². The summed E-state index contributed by atoms with van der Waals surface area (Å²) in [5, 5.41) is 11.4. The molecule has 0 aliphatic rings. The predicted octanol–water partition coefficient (Wildman–Crippen LogP) is 3.31. The van der Waals surface area contributed by atoms with Crippen molar-refractivity contribution in [1.29, 1.82) is 0 Å². The van der Waals surface area contributed by atoms with Gasteiger partial charge >= 0.3 is 5.69 Å². The molecule has 0 aliphatic carbocycles. The summed E-state index contributed by atoms with van der Waals surface area (Å²) in [6.07, 6.45) is 0.272. The van der Waals surface area contributed by atoms with E-state index in [0.29, 0.717) is 16.4 Å². The first-order valence-electron chi connectivity index (χ1n) is 11.0. The number of carbonyl (C=O) groups excluding carboxylic acids is 1. The van der Waals surface area contributed by atoms with Crippen LogP contribution in [0.2, 0.25) is 5.02 Å². The lowest BCUT2D eigenvalue weighted by Crippen LogP contribution is -2.41. The van der Waals surface area contributed by atoms with Gasteiger partial charge in [0.05, 0.1) is 5.69 Å². The second-order valence-electron chi connectivity index (χ2n) is 8.01. The van der Waals surface area contributed by atoms with Crippen LogP contribution in [0, 0.1) is 13.8 Å². The fraction of sp³-hybridized carbons (Fsp3) is 0.250. The second-order valence-corrected chi connectivity index (χ2v) is 8.44. The molecule has 11 heteroatoms. The van der Waals surface area contributed by atoms with Crippen molar-refractivity contribution in [3.63, 3.8) is 0 Å². The number of aryl methyl sites for hydroxylation is 3. The molecule has 1 N–H and O–H groups in total. The normalized spacial score (nSPS) is 11.0. The van der Waals surface area contributed by atoms with Crippen LogP contribution in [0.1, 0.15) is 30.4 Å². The highest BCUT2D eigenvalue weighted by Gasteiger charge is 2.20. The summed E-state index contributed by atoms with van der Waals surface area (Å²) in [7, 11) is 0. The molecule has 0 spiro atoms. The van der Waals surface area contributed by atoms with Gasteiger partial charge in [-0.3, -0.25) is 14.2 Å². The van der Waals surface area contributed by atoms with Crippen LogP contribution in [0.25, 0.3) is 17.2 Å². The molecule has 2 heterocycles. The largest absolute Gasteiger partial charge is 0.352 e. The molecule has 0 saturated carbocycles. The Hall–Kier alpha value is -4.05. The number of aromatic nitrogens is 5. The first-order chi connectivity index (χ1) is 16.7. The summed E-state index contributed by atoms with van der Waals surface area (Å²) in [6, 6.07) is 12.2. The summed E-state index contributed by atoms with van der Waals surface area (Å²) in [5.41, 5.74) is 1.86. The molecule has 0 fully saturated rings. The molecule has 0 radical (unpaired) electrons. The zero-order chi connectivity index (χ0) is 25.1. The standard InChI is InChI=1S/C24H23ClN6O4/c1-4-30-23(33)21(28-31(24(30)34)18-7-5-16(25)6-8-18)22-27-20(35-29-22)10-9-19(32)26-17-12-14(2)11-15(3)13-17/h5-8,11-13H,4,9-10H2,1-3H3,(H,26,32). The van der Waals surface area contributed by atoms with E-state index in [1.807, 2.05) is 32.0 Å². The highest BCUT2D eigenvalue weighted by molar-refractivity contribution is 6.30. The quantitative estimate of drug-likeness (QED) is 0.417. The number of halogens is 1. The number of nitrogens with zero attached hydrogens (tertiary/aromatic N) is 5. The lowest BCUT2D eigenvalue weighted by atomic mass is 10.1. The molecule has 0 aliphatic heterocycles. The maximum absolute atomic E-state index is 12.9. The zero-order valence-electron chi connectivity index (χ0n) is 19.4. The van der Waals surface area contributed by atoms with Crippen LogP contribution in [0.4, 0.5) is 5.69 Å². The van der Waals surface area contributed by atoms with Gasteiger partial charge in [0.2, 0.25) is 17.6 Å². The highest BCUT2D eigenvalue weighted by Crippen LogP contribution is 2.16. The summed E-state index contributed by atoms with van der Waals surface area (Å²) in [4.78, 5) is 42.3. The van der Waals surface area contributed by atoms with Gasteiger partial charge in [-0.1, -0.05) is 22.8 Å². The molecule has 2 aromatic heterocycles. The van der Waals surface area contributed by atoms with Crippen LogP contribution in [0.3, 0.4) is 0 Å². The Morgan fingerprint density at radius 2 is 1.77 bits per heavy atom. The number of hydrogen-bond donors (Lipinski definition) is 1. The lowest BCUT2D eigenvalue weighted by Gasteiger charge is -2.09. The van der Waals surface area contributed by atoms with Gasteiger partial charge in [0, 0.05) is 30.1 Å². The minimum absolute atomic E-state index is 0.0652. The minimum atomic E-state index is -0.636. The number of amides is 1. The average Bonchev–Trinajstić information content (AvgIpc) is 3.27. The zero-order valence-corrected chi connectivity index (χ0v) is 20.2. The maximum Gasteiger partial charge on any atom is 0.352 e. The van der Waals surface area contributed by atoms with Gasteiger partial charge in [0.1, 0.15) is 0 Å². The van der Waals surface area contributed by atoms with Crippen LogP contribution in [0.15, 0.2) is 56.6 Å². The van der Waals surface area contributed by atoms with Gasteiger partial charge in [0.25, 0.3) is 5.56 Å². The van der Waals surface area contributed by atoms with E-state index < -0.39 is 11.2 Å². The van der Waals surface area contributed by atoms with Gasteiger partial charge in [-0.25, -0.2) is 4.79 Å². The second kappa shape index (κ2) is 10.1. The molecule has 2 aromatic carbocycles. The van der Waals surface area contributed by atoms with Gasteiger partial charge in [-0.15, -0.1) is 0 Å². The third-order valence-electron chi connectivity index (χ3n) is 5.20. The van der Waals surface area contributed by atoms with Crippen LogP contribution in [0.5, 0.6) is 0 Å². The van der Waals surface area contributed by atoms with Crippen molar-refractivity contribution in [3.8, 4) is 17.2 Å². The van der Waals surface area contributed by atoms with Crippen molar-refractivity contribution in [2.75, 3.05) is 5.32 Å². The summed E-state index contributed by atoms with van der Waals surface area (Å²) in [6.45, 7) is 5.72. The fourth-order valence-electron chi connectivity index (χ4n) is 3.63. The average molecular weight is 495 g/mol. The monoisotopic (exact) mass is 494 g/mol. The molecule has 10 nitrogen and oxygen atoms in total. The highest BCUT2D eigenvalue weighted by atomic mass is 35.5. The van der Waals surface area contributed by atoms with E-state index in [9.17, 15) is 14.4 Å². The van der Waals surface area contributed by atoms with E-state index in [-0.39, 0.29) is 42.7 Å². The first-order valence-corrected chi connectivity index (χ1v) is 11.3. The van der Waals surface area contributed by atoms with Crippen LogP contribution >= 0.6 is 11.6 Å². The Morgan fingerprint density at radius 3 is 2.43 bits per heavy atom. The van der Waals surface area contributed by atoms with Gasteiger partial charge in [-0.2, -0.15) is 14.8 Å². The van der Waals surface area contributed by atoms with Gasteiger partial charge in [-0.05, 0) is 68.3 Å². The number of benzene rings is 2. The number of anilines is 1. The molecule has 0 unspecified atom stereocenters. The Balaban J connectivity index is 1.56. The number of carbonyl (C=O) groups is 1. The Labute approximate surface area is 205 Å². The smallest absolute Gasteiger partial charge is 0.339 e. The van der Waals surface area contributed by atoms with E-state index >= 15 is 0 Å². The maximum atomic E-state index is 12.9. The Kier molecular flexibility index (Phi) is 6.92. The molecule has 4 rings (SSSR count). The topological polar surface area (TPSA) is 125 Å². The molecule has 0 atom stereocenters. The van der Waals surface area contributed by atoms with E-state index in [2.05, 4.69) is 20.6 Å². The molecular weight excluding hydrogens is 472 g/mol. The minimum Gasteiger partial charge on any atom is -0.339 e. The van der Waals surface area contributed by atoms with Crippen molar-refractivity contribution < 1.29 is 9.32 Å². The van der Waals surface area contributed by atoms with Gasteiger partial charge in [0.15, 0.2) is 5.69 Å². The summed E-state index contributed by atoms with van der Waals surface area (Å²) in [5.74, 6) is -0.105. The van der Waals surface area contributed by atoms with Gasteiger partial charge < -0.3 is 9.84 Å². The van der Waals surface area contributed by atoms with Crippen molar-refractivity contribution in [1.82, 2.24) is 24.5 Å². The van der Waals surface area contributed by atoms with Crippen LogP contribution < -0.4 is 16.6 Å². The molecule has 0 bridgehead atoms. The van der Waals surface area contributed by atoms with Crippen LogP contribution in [-0.4, -0.2) is 30.4 Å². The SMILES string of the molecule is CCn1c(=O)c(-c2noc(CCC(=O)Nc3cc(C)cc(C)c3)n2)nn(-c2ccc(Cl)cc2)c1=O. The first kappa shape index (κ1) is 24.1. The Morgan fingerprint density at radius 1 is 1.09 bits per heavy atom. The van der Waals surface area contributed by atoms with Crippen LogP contribution in [-0.2, 0) is 17.8 Å². The Bertz CT molecular complexity index is 1480. The number of rotatable bonds is 7. The van der Waals surface area contributed by atoms with Crippen molar-refractivity contribution >= 4 is 23.2 Å². The molecule has 180 valence electrons. The summed E-state index contributed by atoms with van der Waals surface area (Å²) < 4.78 is 7.36. The van der Waals surface area contributed by atoms with E-state index in [1.54, 1.807) is 31.2 Å². The molecular formula is C24H23ClN6O4. The third kappa shape index (κ3) is 5.38. The number of nitrogens with one attached hydrogen (secondary N) is 1.